The maximum absolute atomic E-state index is 2.22. The molecule has 2 heterocycles. The molecule has 4 heteroatoms. The van der Waals surface area contributed by atoms with E-state index >= 15 is 0 Å². The monoisotopic (exact) mass is 456 g/mol. The second-order valence-electron chi connectivity index (χ2n) is 8.04. The van der Waals surface area contributed by atoms with Crippen molar-refractivity contribution in [2.24, 2.45) is 0 Å². The minimum absolute atomic E-state index is 1.22. The molecule has 0 saturated heterocycles. The average molecular weight is 457 g/mol. The zero-order valence-corrected chi connectivity index (χ0v) is 20.6. The lowest BCUT2D eigenvalue weighted by Crippen LogP contribution is -2.07. The number of benzene rings is 2. The lowest BCUT2D eigenvalue weighted by atomic mass is 10.2. The molecule has 0 aliphatic heterocycles. The van der Waals surface area contributed by atoms with Crippen molar-refractivity contribution in [1.82, 2.24) is 0 Å². The normalized spacial score (nSPS) is 11.5. The summed E-state index contributed by atoms with van der Waals surface area (Å²) in [5.74, 6) is 0. The predicted octanol–water partition coefficient (Wildman–Crippen LogP) is 7.95. The third kappa shape index (κ3) is 5.58. The van der Waals surface area contributed by atoms with Crippen LogP contribution in [0.2, 0.25) is 0 Å². The van der Waals surface area contributed by atoms with E-state index in [1.54, 1.807) is 0 Å². The number of hydrogen-bond donors (Lipinski definition) is 0. The van der Waals surface area contributed by atoms with Gasteiger partial charge in [-0.15, -0.1) is 22.7 Å². The van der Waals surface area contributed by atoms with Gasteiger partial charge < -0.3 is 9.80 Å². The Morgan fingerprint density at radius 1 is 0.469 bits per heavy atom. The molecule has 32 heavy (non-hydrogen) atoms. The van der Waals surface area contributed by atoms with Crippen LogP contribution < -0.4 is 9.80 Å². The van der Waals surface area contributed by atoms with E-state index in [2.05, 4.69) is 135 Å². The van der Waals surface area contributed by atoms with Gasteiger partial charge in [-0.2, -0.15) is 0 Å². The molecule has 4 aromatic rings. The average Bonchev–Trinajstić information content (AvgIpc) is 3.46. The Morgan fingerprint density at radius 2 is 0.844 bits per heavy atom. The maximum atomic E-state index is 2.22. The molecule has 4 rings (SSSR count). The molecule has 0 bridgehead atoms. The number of anilines is 2. The van der Waals surface area contributed by atoms with E-state index in [9.17, 15) is 0 Å². The highest BCUT2D eigenvalue weighted by atomic mass is 32.1. The highest BCUT2D eigenvalue weighted by Crippen LogP contribution is 2.35. The van der Waals surface area contributed by atoms with E-state index in [0.29, 0.717) is 0 Å². The van der Waals surface area contributed by atoms with Gasteiger partial charge in [0, 0.05) is 59.1 Å². The summed E-state index contributed by atoms with van der Waals surface area (Å²) >= 11 is 3.66. The summed E-state index contributed by atoms with van der Waals surface area (Å²) < 4.78 is 0. The van der Waals surface area contributed by atoms with Gasteiger partial charge in [0.25, 0.3) is 0 Å². The van der Waals surface area contributed by atoms with Crippen LogP contribution in [0.3, 0.4) is 0 Å². The van der Waals surface area contributed by atoms with Gasteiger partial charge in [-0.3, -0.25) is 0 Å². The molecule has 0 aliphatic carbocycles. The fraction of sp³-hybridized carbons (Fsp3) is 0.143. The standard InChI is InChI=1S/C28H28N2S2/c1-29(2)23-11-5-21(6-12-23)9-15-25-17-19-27(31-25)28-20-18-26(32-28)16-10-22-7-13-24(14-8-22)30(3)4/h5-20H,1-4H3/b15-9+,16-10+. The molecule has 0 fully saturated rings. The molecule has 0 unspecified atom stereocenters. The molecular formula is C28H28N2S2. The quantitative estimate of drug-likeness (QED) is 0.278. The van der Waals surface area contributed by atoms with Gasteiger partial charge >= 0.3 is 0 Å². The van der Waals surface area contributed by atoms with Crippen molar-refractivity contribution in [2.75, 3.05) is 38.0 Å². The first-order chi connectivity index (χ1) is 15.5. The molecule has 0 spiro atoms. The molecule has 0 saturated carbocycles. The number of nitrogens with zero attached hydrogens (tertiary/aromatic N) is 2. The first-order valence-electron chi connectivity index (χ1n) is 10.6. The van der Waals surface area contributed by atoms with Crippen LogP contribution in [0, 0.1) is 0 Å². The lowest BCUT2D eigenvalue weighted by Gasteiger charge is -2.11. The largest absolute Gasteiger partial charge is 0.378 e. The molecule has 2 aromatic carbocycles. The molecule has 2 nitrogen and oxygen atoms in total. The van der Waals surface area contributed by atoms with Crippen molar-refractivity contribution in [3.8, 4) is 9.75 Å². The summed E-state index contributed by atoms with van der Waals surface area (Å²) in [6.45, 7) is 0. The van der Waals surface area contributed by atoms with Crippen LogP contribution in [-0.4, -0.2) is 28.2 Å². The number of hydrogen-bond acceptors (Lipinski definition) is 4. The minimum atomic E-state index is 1.22. The van der Waals surface area contributed by atoms with Gasteiger partial charge in [-0.1, -0.05) is 36.4 Å². The molecule has 0 aliphatic rings. The molecule has 0 atom stereocenters. The Balaban J connectivity index is 1.41. The Morgan fingerprint density at radius 3 is 1.19 bits per heavy atom. The zero-order valence-electron chi connectivity index (χ0n) is 18.9. The Kier molecular flexibility index (Phi) is 6.93. The summed E-state index contributed by atoms with van der Waals surface area (Å²) in [5.41, 5.74) is 4.86. The number of thiophene rings is 2. The topological polar surface area (TPSA) is 6.48 Å². The van der Waals surface area contributed by atoms with Crippen molar-refractivity contribution in [3.63, 3.8) is 0 Å². The summed E-state index contributed by atoms with van der Waals surface area (Å²) in [7, 11) is 8.25. The van der Waals surface area contributed by atoms with Crippen molar-refractivity contribution in [1.29, 1.82) is 0 Å². The van der Waals surface area contributed by atoms with E-state index in [0.717, 1.165) is 0 Å². The zero-order chi connectivity index (χ0) is 22.5. The van der Waals surface area contributed by atoms with E-state index in [1.807, 2.05) is 22.7 Å². The van der Waals surface area contributed by atoms with Crippen LogP contribution in [0.4, 0.5) is 11.4 Å². The van der Waals surface area contributed by atoms with E-state index in [-0.39, 0.29) is 0 Å². The summed E-state index contributed by atoms with van der Waals surface area (Å²) in [6.07, 6.45) is 8.76. The van der Waals surface area contributed by atoms with E-state index < -0.39 is 0 Å². The second-order valence-corrected chi connectivity index (χ2v) is 10.3. The van der Waals surface area contributed by atoms with Crippen LogP contribution >= 0.6 is 22.7 Å². The van der Waals surface area contributed by atoms with Crippen LogP contribution in [0.15, 0.2) is 72.8 Å². The predicted molar refractivity (Wildman–Crippen MR) is 147 cm³/mol. The number of rotatable bonds is 7. The van der Waals surface area contributed by atoms with Crippen molar-refractivity contribution in [3.05, 3.63) is 93.7 Å². The van der Waals surface area contributed by atoms with E-state index in [1.165, 1.54) is 42.0 Å². The summed E-state index contributed by atoms with van der Waals surface area (Å²) in [5, 5.41) is 0. The van der Waals surface area contributed by atoms with Crippen molar-refractivity contribution in [2.45, 2.75) is 0 Å². The first kappa shape index (κ1) is 22.1. The van der Waals surface area contributed by atoms with Gasteiger partial charge in [0.05, 0.1) is 0 Å². The van der Waals surface area contributed by atoms with Gasteiger partial charge in [-0.05, 0) is 71.8 Å². The Hall–Kier alpha value is -3.08. The Labute approximate surface area is 199 Å². The first-order valence-corrected chi connectivity index (χ1v) is 12.2. The third-order valence-corrected chi connectivity index (χ3v) is 7.49. The second kappa shape index (κ2) is 10.0. The van der Waals surface area contributed by atoms with Crippen molar-refractivity contribution < 1.29 is 0 Å². The molecule has 0 N–H and O–H groups in total. The molecule has 0 radical (unpaired) electrons. The SMILES string of the molecule is CN(C)c1ccc(/C=C/c2ccc(-c3ccc(/C=C/c4ccc(N(C)C)cc4)s3)s2)cc1. The fourth-order valence-corrected chi connectivity index (χ4v) is 5.19. The summed E-state index contributed by atoms with van der Waals surface area (Å²) in [6, 6.07) is 26.1. The highest BCUT2D eigenvalue weighted by Gasteiger charge is 2.05. The van der Waals surface area contributed by atoms with Gasteiger partial charge in [0.1, 0.15) is 0 Å². The smallest absolute Gasteiger partial charge is 0.0449 e. The lowest BCUT2D eigenvalue weighted by molar-refractivity contribution is 1.13. The van der Waals surface area contributed by atoms with Crippen LogP contribution in [-0.2, 0) is 0 Å². The van der Waals surface area contributed by atoms with Gasteiger partial charge in [0.2, 0.25) is 0 Å². The highest BCUT2D eigenvalue weighted by molar-refractivity contribution is 7.23. The third-order valence-electron chi connectivity index (χ3n) is 5.20. The van der Waals surface area contributed by atoms with Gasteiger partial charge in [-0.25, -0.2) is 0 Å². The van der Waals surface area contributed by atoms with Gasteiger partial charge in [0.15, 0.2) is 0 Å². The molecule has 2 aromatic heterocycles. The maximum Gasteiger partial charge on any atom is 0.0449 e. The van der Waals surface area contributed by atoms with E-state index in [4.69, 9.17) is 0 Å². The molecular weight excluding hydrogens is 428 g/mol. The molecule has 0 amide bonds. The Bertz CT molecular complexity index is 1110. The minimum Gasteiger partial charge on any atom is -0.378 e. The summed E-state index contributed by atoms with van der Waals surface area (Å²) in [4.78, 5) is 9.39. The fourth-order valence-electron chi connectivity index (χ4n) is 3.27. The molecule has 162 valence electrons. The van der Waals surface area contributed by atoms with Crippen LogP contribution in [0.25, 0.3) is 34.1 Å². The van der Waals surface area contributed by atoms with Crippen molar-refractivity contribution >= 4 is 58.4 Å². The van der Waals surface area contributed by atoms with Crippen LogP contribution in [0.5, 0.6) is 0 Å². The van der Waals surface area contributed by atoms with Crippen LogP contribution in [0.1, 0.15) is 20.9 Å².